The van der Waals surface area contributed by atoms with Gasteiger partial charge >= 0.3 is 11.9 Å². The van der Waals surface area contributed by atoms with Gasteiger partial charge in [-0.15, -0.1) is 0 Å². The highest BCUT2D eigenvalue weighted by molar-refractivity contribution is 7.45. The van der Waals surface area contributed by atoms with Crippen molar-refractivity contribution in [2.24, 2.45) is 0 Å². The zero-order valence-corrected chi connectivity index (χ0v) is 37.7. The molecule has 0 N–H and O–H groups in total. The van der Waals surface area contributed by atoms with Crippen LogP contribution in [0.25, 0.3) is 0 Å². The van der Waals surface area contributed by atoms with Crippen LogP contribution in [0.1, 0.15) is 162 Å². The molecule has 0 aromatic rings. The fourth-order valence-corrected chi connectivity index (χ4v) is 6.35. The van der Waals surface area contributed by atoms with E-state index in [2.05, 4.69) is 32.1 Å². The van der Waals surface area contributed by atoms with Gasteiger partial charge in [0.1, 0.15) is 19.8 Å². The Hall–Kier alpha value is -2.55. The lowest BCUT2D eigenvalue weighted by atomic mass is 10.1. The average molecular weight is 820 g/mol. The van der Waals surface area contributed by atoms with Gasteiger partial charge in [0.25, 0.3) is 7.82 Å². The molecule has 9 nitrogen and oxygen atoms in total. The summed E-state index contributed by atoms with van der Waals surface area (Å²) in [5, 5.41) is 0. The molecule has 0 aromatic heterocycles. The van der Waals surface area contributed by atoms with E-state index >= 15 is 0 Å². The third-order valence-corrected chi connectivity index (χ3v) is 10.1. The van der Waals surface area contributed by atoms with Gasteiger partial charge in [0.05, 0.1) is 27.7 Å². The highest BCUT2D eigenvalue weighted by Crippen LogP contribution is 2.38. The number of carbonyl (C=O) groups is 2. The zero-order chi connectivity index (χ0) is 42.1. The minimum atomic E-state index is -4.65. The molecule has 0 saturated heterocycles. The normalized spacial score (nSPS) is 14.3. The molecule has 0 aliphatic rings. The Morgan fingerprint density at radius 1 is 0.561 bits per heavy atom. The van der Waals surface area contributed by atoms with Crippen LogP contribution in [0, 0.1) is 0 Å². The number of nitrogens with zero attached hydrogens (tertiary/aromatic N) is 1. The van der Waals surface area contributed by atoms with E-state index in [1.165, 1.54) is 83.5 Å². The monoisotopic (exact) mass is 820 g/mol. The number of allylic oxidation sites excluding steroid dienone is 12. The summed E-state index contributed by atoms with van der Waals surface area (Å²) in [7, 11) is 1.11. The summed E-state index contributed by atoms with van der Waals surface area (Å²) in [5.74, 6) is -0.931. The van der Waals surface area contributed by atoms with Gasteiger partial charge in [-0.25, -0.2) is 0 Å². The number of likely N-dealkylation sites (N-methyl/N-ethyl adjacent to an activating group) is 1. The fraction of sp³-hybridized carbons (Fsp3) is 0.702. The molecule has 10 heteroatoms. The van der Waals surface area contributed by atoms with Crippen molar-refractivity contribution < 1.29 is 42.1 Å². The molecular weight excluding hydrogens is 737 g/mol. The first-order valence-electron chi connectivity index (χ1n) is 22.2. The van der Waals surface area contributed by atoms with Gasteiger partial charge in [-0.2, -0.15) is 0 Å². The number of phosphoric ester groups is 1. The van der Waals surface area contributed by atoms with Gasteiger partial charge in [0.2, 0.25) is 0 Å². The Morgan fingerprint density at radius 3 is 1.58 bits per heavy atom. The maximum Gasteiger partial charge on any atom is 0.306 e. The number of quaternary nitrogens is 1. The second-order valence-electron chi connectivity index (χ2n) is 15.8. The van der Waals surface area contributed by atoms with E-state index in [1.807, 2.05) is 75.8 Å². The minimum absolute atomic E-state index is 0.0484. The Labute approximate surface area is 348 Å². The van der Waals surface area contributed by atoms with Crippen LogP contribution in [-0.4, -0.2) is 70.0 Å². The summed E-state index contributed by atoms with van der Waals surface area (Å²) in [6.45, 7) is 3.98. The first-order valence-corrected chi connectivity index (χ1v) is 23.7. The van der Waals surface area contributed by atoms with Gasteiger partial charge in [0, 0.05) is 12.8 Å². The largest absolute Gasteiger partial charge is 0.756 e. The van der Waals surface area contributed by atoms with Crippen LogP contribution in [0.15, 0.2) is 72.9 Å². The van der Waals surface area contributed by atoms with Gasteiger partial charge in [0.15, 0.2) is 6.10 Å². The molecule has 0 radical (unpaired) electrons. The van der Waals surface area contributed by atoms with E-state index in [4.69, 9.17) is 18.5 Å². The summed E-state index contributed by atoms with van der Waals surface area (Å²) in [6.07, 6.45) is 48.1. The molecule has 0 fully saturated rings. The van der Waals surface area contributed by atoms with Crippen LogP contribution in [0.5, 0.6) is 0 Å². The topological polar surface area (TPSA) is 111 Å². The van der Waals surface area contributed by atoms with Crippen LogP contribution >= 0.6 is 7.82 Å². The quantitative estimate of drug-likeness (QED) is 0.0151. The van der Waals surface area contributed by atoms with Crippen molar-refractivity contribution >= 4 is 19.8 Å². The number of hydrogen-bond acceptors (Lipinski definition) is 8. The van der Waals surface area contributed by atoms with Crippen LogP contribution in [-0.2, 0) is 32.7 Å². The molecule has 0 saturated carbocycles. The molecule has 2 unspecified atom stereocenters. The Bertz CT molecular complexity index is 1200. The summed E-state index contributed by atoms with van der Waals surface area (Å²) in [6, 6.07) is 0. The van der Waals surface area contributed by atoms with Gasteiger partial charge < -0.3 is 27.9 Å². The van der Waals surface area contributed by atoms with Crippen LogP contribution in [0.2, 0.25) is 0 Å². The molecule has 0 aliphatic carbocycles. The molecular formula is C47H82NO8P. The first kappa shape index (κ1) is 54.5. The average Bonchev–Trinajstić information content (AvgIpc) is 3.16. The molecule has 0 rings (SSSR count). The molecule has 0 spiro atoms. The number of ether oxygens (including phenoxy) is 2. The Morgan fingerprint density at radius 2 is 1.04 bits per heavy atom. The first-order chi connectivity index (χ1) is 27.5. The van der Waals surface area contributed by atoms with Crippen molar-refractivity contribution in [1.82, 2.24) is 0 Å². The van der Waals surface area contributed by atoms with E-state index in [0.29, 0.717) is 30.3 Å². The second-order valence-corrected chi connectivity index (χ2v) is 17.2. The molecule has 328 valence electrons. The number of hydrogen-bond donors (Lipinski definition) is 0. The fourth-order valence-electron chi connectivity index (χ4n) is 5.62. The number of phosphoric acid groups is 1. The number of esters is 2. The molecule has 57 heavy (non-hydrogen) atoms. The van der Waals surface area contributed by atoms with Crippen LogP contribution < -0.4 is 4.89 Å². The van der Waals surface area contributed by atoms with Crippen molar-refractivity contribution in [2.75, 3.05) is 47.5 Å². The Balaban J connectivity index is 4.39. The summed E-state index contributed by atoms with van der Waals surface area (Å²) in [4.78, 5) is 37.5. The van der Waals surface area contributed by atoms with E-state index in [0.717, 1.165) is 32.1 Å². The van der Waals surface area contributed by atoms with E-state index in [1.54, 1.807) is 0 Å². The highest BCUT2D eigenvalue weighted by atomic mass is 31.2. The van der Waals surface area contributed by atoms with Gasteiger partial charge in [-0.1, -0.05) is 170 Å². The maximum atomic E-state index is 12.6. The molecule has 0 aliphatic heterocycles. The number of carbonyl (C=O) groups excluding carboxylic acids is 2. The third-order valence-electron chi connectivity index (χ3n) is 9.09. The number of rotatable bonds is 39. The highest BCUT2D eigenvalue weighted by Gasteiger charge is 2.21. The third kappa shape index (κ3) is 42.9. The molecule has 0 amide bonds. The lowest BCUT2D eigenvalue weighted by Crippen LogP contribution is -2.37. The van der Waals surface area contributed by atoms with Crippen molar-refractivity contribution in [1.29, 1.82) is 0 Å². The van der Waals surface area contributed by atoms with Crippen molar-refractivity contribution in [3.8, 4) is 0 Å². The molecule has 2 atom stereocenters. The minimum Gasteiger partial charge on any atom is -0.756 e. The number of unbranched alkanes of at least 4 members (excludes halogenated alkanes) is 17. The smallest absolute Gasteiger partial charge is 0.306 e. The van der Waals surface area contributed by atoms with Crippen molar-refractivity contribution in [2.45, 2.75) is 168 Å². The van der Waals surface area contributed by atoms with Gasteiger partial charge in [-0.3, -0.25) is 14.2 Å². The van der Waals surface area contributed by atoms with Crippen LogP contribution in [0.4, 0.5) is 0 Å². The lowest BCUT2D eigenvalue weighted by Gasteiger charge is -2.28. The molecule has 0 aromatic carbocycles. The summed E-state index contributed by atoms with van der Waals surface area (Å²) >= 11 is 0. The Kier molecular flexibility index (Phi) is 37.2. The molecule has 0 heterocycles. The standard InChI is InChI=1S/C47H82NO8P/c1-6-8-10-12-14-16-18-20-21-22-23-24-25-26-28-29-31-33-35-37-39-46(49)53-43-45(44-55-57(51,52)54-42-41-48(3,4)5)56-47(50)40-38-36-34-32-30-27-19-17-15-13-11-9-7-2/h9,11,13,15,17,19,23-24,27,30,32,34,45H,6-8,10,12,14,16,18,20-22,25-26,28-29,31,33,35-44H2,1-5H3/b11-9+,15-13+,19-17+,24-23+,30-27+,34-32+. The van der Waals surface area contributed by atoms with Crippen molar-refractivity contribution in [3.05, 3.63) is 72.9 Å². The summed E-state index contributed by atoms with van der Waals surface area (Å²) < 4.78 is 33.8. The zero-order valence-electron chi connectivity index (χ0n) is 36.8. The lowest BCUT2D eigenvalue weighted by molar-refractivity contribution is -0.870. The predicted octanol–water partition coefficient (Wildman–Crippen LogP) is 12.0. The maximum absolute atomic E-state index is 12.6. The van der Waals surface area contributed by atoms with E-state index < -0.39 is 32.5 Å². The SMILES string of the molecule is CC/C=C/C=C/C=C/C=C/C=C/CCCC(=O)OC(COC(=O)CCCCCCCCC/C=C/CCCCCCCCCCC)COP(=O)([O-])OCC[N+](C)(C)C. The van der Waals surface area contributed by atoms with E-state index in [9.17, 15) is 19.0 Å². The predicted molar refractivity (Wildman–Crippen MR) is 236 cm³/mol. The van der Waals surface area contributed by atoms with Crippen molar-refractivity contribution in [3.63, 3.8) is 0 Å². The van der Waals surface area contributed by atoms with Gasteiger partial charge in [-0.05, 0) is 51.4 Å². The second kappa shape index (κ2) is 38.9. The van der Waals surface area contributed by atoms with E-state index in [-0.39, 0.29) is 26.1 Å². The molecule has 0 bridgehead atoms. The van der Waals surface area contributed by atoms with Crippen LogP contribution in [0.3, 0.4) is 0 Å². The summed E-state index contributed by atoms with van der Waals surface area (Å²) in [5.41, 5.74) is 0.